The zero-order chi connectivity index (χ0) is 18.5. The summed E-state index contributed by atoms with van der Waals surface area (Å²) in [6, 6.07) is 11.6. The fourth-order valence-corrected chi connectivity index (χ4v) is 4.26. The number of aromatic nitrogens is 2. The van der Waals surface area contributed by atoms with Crippen LogP contribution in [0.15, 0.2) is 47.4 Å². The topological polar surface area (TPSA) is 105 Å². The van der Waals surface area contributed by atoms with Gasteiger partial charge in [0.15, 0.2) is 6.23 Å². The van der Waals surface area contributed by atoms with E-state index in [1.165, 1.54) is 24.5 Å². The van der Waals surface area contributed by atoms with Crippen LogP contribution in [0.1, 0.15) is 13.2 Å². The highest BCUT2D eigenvalue weighted by atomic mass is 32.1. The molecule has 26 heavy (non-hydrogen) atoms. The number of benzene rings is 1. The molecular formula is C18H18N2O5S. The molecule has 136 valence electrons. The first kappa shape index (κ1) is 17.3. The van der Waals surface area contributed by atoms with Crippen LogP contribution in [0.4, 0.5) is 0 Å². The second-order valence-corrected chi connectivity index (χ2v) is 7.62. The summed E-state index contributed by atoms with van der Waals surface area (Å²) in [6.07, 6.45) is -1.93. The number of thiophene rings is 1. The molecule has 1 saturated heterocycles. The maximum Gasteiger partial charge on any atom is 0.350 e. The molecule has 0 unspecified atom stereocenters. The lowest BCUT2D eigenvalue weighted by molar-refractivity contribution is -0.0986. The molecule has 1 aromatic carbocycles. The van der Waals surface area contributed by atoms with E-state index in [0.717, 1.165) is 19.5 Å². The Morgan fingerprint density at radius 2 is 2.12 bits per heavy atom. The third-order valence-electron chi connectivity index (χ3n) is 4.70. The maximum absolute atomic E-state index is 12.5. The molecule has 4 rings (SSSR count). The molecule has 1 fully saturated rings. The standard InChI is InChI=1S/C18H18N2O5S/c1-18(24)15(22)12(9-21)25-16(18)20-7-6-11(19-17(20)23)14-8-10-4-2-3-5-13(10)26-14/h2-8,12,15-16,21-22,24H,9H2,1H3/t12-,15-,16-,18-/m1/s1. The number of nitrogens with zero attached hydrogens (tertiary/aromatic N) is 2. The largest absolute Gasteiger partial charge is 0.394 e. The Balaban J connectivity index is 1.71. The van der Waals surface area contributed by atoms with Crippen molar-refractivity contribution in [3.05, 3.63) is 53.1 Å². The minimum absolute atomic E-state index is 0.462. The zero-order valence-electron chi connectivity index (χ0n) is 13.9. The van der Waals surface area contributed by atoms with Crippen molar-refractivity contribution in [1.29, 1.82) is 0 Å². The molecule has 0 amide bonds. The average Bonchev–Trinajstić information content (AvgIpc) is 3.15. The minimum Gasteiger partial charge on any atom is -0.394 e. The van der Waals surface area contributed by atoms with Gasteiger partial charge >= 0.3 is 5.69 Å². The van der Waals surface area contributed by atoms with Gasteiger partial charge in [-0.1, -0.05) is 18.2 Å². The van der Waals surface area contributed by atoms with E-state index in [1.807, 2.05) is 30.3 Å². The van der Waals surface area contributed by atoms with E-state index in [0.29, 0.717) is 5.69 Å². The van der Waals surface area contributed by atoms with Crippen molar-refractivity contribution in [3.8, 4) is 10.6 Å². The number of hydrogen-bond donors (Lipinski definition) is 3. The SMILES string of the molecule is C[C@@]1(O)[C@H](O)[C@@H](CO)O[C@H]1n1ccc(-c2cc3ccccc3s2)nc1=O. The molecule has 3 aromatic rings. The number of ether oxygens (including phenoxy) is 1. The van der Waals surface area contributed by atoms with Gasteiger partial charge in [-0.2, -0.15) is 4.98 Å². The van der Waals surface area contributed by atoms with Crippen LogP contribution in [-0.2, 0) is 4.74 Å². The predicted molar refractivity (Wildman–Crippen MR) is 96.9 cm³/mol. The van der Waals surface area contributed by atoms with Gasteiger partial charge in [0, 0.05) is 10.9 Å². The molecule has 0 bridgehead atoms. The molecule has 3 N–H and O–H groups in total. The first-order valence-electron chi connectivity index (χ1n) is 8.16. The van der Waals surface area contributed by atoms with E-state index in [-0.39, 0.29) is 0 Å². The van der Waals surface area contributed by atoms with Gasteiger partial charge in [-0.25, -0.2) is 4.79 Å². The summed E-state index contributed by atoms with van der Waals surface area (Å²) in [6.45, 7) is 0.903. The van der Waals surface area contributed by atoms with E-state index < -0.39 is 36.3 Å². The van der Waals surface area contributed by atoms with Crippen LogP contribution < -0.4 is 5.69 Å². The van der Waals surface area contributed by atoms with Gasteiger partial charge in [0.1, 0.15) is 17.8 Å². The summed E-state index contributed by atoms with van der Waals surface area (Å²) in [5.41, 5.74) is -1.79. The molecule has 1 aliphatic heterocycles. The summed E-state index contributed by atoms with van der Waals surface area (Å²) >= 11 is 1.54. The van der Waals surface area contributed by atoms with Crippen molar-refractivity contribution in [2.75, 3.05) is 6.61 Å². The quantitative estimate of drug-likeness (QED) is 0.635. The fourth-order valence-electron chi connectivity index (χ4n) is 3.23. The normalized spacial score (nSPS) is 28.7. The number of aliphatic hydroxyl groups is 3. The highest BCUT2D eigenvalue weighted by molar-refractivity contribution is 7.22. The first-order chi connectivity index (χ1) is 12.4. The van der Waals surface area contributed by atoms with Crippen LogP contribution in [0.2, 0.25) is 0 Å². The number of hydrogen-bond acceptors (Lipinski definition) is 7. The second-order valence-electron chi connectivity index (χ2n) is 6.53. The maximum atomic E-state index is 12.5. The molecule has 0 spiro atoms. The lowest BCUT2D eigenvalue weighted by atomic mass is 9.96. The Hall–Kier alpha value is -2.10. The van der Waals surface area contributed by atoms with Gasteiger partial charge in [0.2, 0.25) is 0 Å². The summed E-state index contributed by atoms with van der Waals surface area (Å²) < 4.78 is 7.71. The smallest absolute Gasteiger partial charge is 0.350 e. The highest BCUT2D eigenvalue weighted by Crippen LogP contribution is 2.37. The zero-order valence-corrected chi connectivity index (χ0v) is 14.8. The van der Waals surface area contributed by atoms with Crippen LogP contribution in [0.5, 0.6) is 0 Å². The molecule has 8 heteroatoms. The molecule has 2 aromatic heterocycles. The van der Waals surface area contributed by atoms with E-state index in [4.69, 9.17) is 4.74 Å². The fraction of sp³-hybridized carbons (Fsp3) is 0.333. The summed E-state index contributed by atoms with van der Waals surface area (Å²) in [4.78, 5) is 17.5. The molecule has 0 radical (unpaired) electrons. The predicted octanol–water partition coefficient (Wildman–Crippen LogP) is 1.13. The molecule has 0 saturated carbocycles. The van der Waals surface area contributed by atoms with Crippen LogP contribution >= 0.6 is 11.3 Å². The number of rotatable bonds is 3. The monoisotopic (exact) mass is 374 g/mol. The molecule has 7 nitrogen and oxygen atoms in total. The van der Waals surface area contributed by atoms with E-state index in [9.17, 15) is 20.1 Å². The van der Waals surface area contributed by atoms with Crippen molar-refractivity contribution in [2.24, 2.45) is 0 Å². The van der Waals surface area contributed by atoms with Gasteiger partial charge in [-0.15, -0.1) is 11.3 Å². The van der Waals surface area contributed by atoms with Crippen molar-refractivity contribution < 1.29 is 20.1 Å². The van der Waals surface area contributed by atoms with E-state index in [1.54, 1.807) is 6.07 Å². The van der Waals surface area contributed by atoms with Crippen molar-refractivity contribution in [3.63, 3.8) is 0 Å². The van der Waals surface area contributed by atoms with Gasteiger partial charge in [0.25, 0.3) is 0 Å². The lowest BCUT2D eigenvalue weighted by Crippen LogP contribution is -2.46. The summed E-state index contributed by atoms with van der Waals surface area (Å²) in [5.74, 6) is 0. The Morgan fingerprint density at radius 3 is 2.77 bits per heavy atom. The Bertz CT molecular complexity index is 979. The van der Waals surface area contributed by atoms with Gasteiger partial charge in [-0.05, 0) is 30.5 Å². The van der Waals surface area contributed by atoms with Crippen LogP contribution in [-0.4, -0.2) is 49.3 Å². The molecule has 0 aliphatic carbocycles. The van der Waals surface area contributed by atoms with Gasteiger partial charge in [-0.3, -0.25) is 4.57 Å². The average molecular weight is 374 g/mol. The Labute approximate surface area is 152 Å². The van der Waals surface area contributed by atoms with Gasteiger partial charge in [0.05, 0.1) is 17.2 Å². The van der Waals surface area contributed by atoms with E-state index >= 15 is 0 Å². The van der Waals surface area contributed by atoms with Crippen molar-refractivity contribution >= 4 is 21.4 Å². The molecule has 4 atom stereocenters. The molecule has 1 aliphatic rings. The Morgan fingerprint density at radius 1 is 1.35 bits per heavy atom. The highest BCUT2D eigenvalue weighted by Gasteiger charge is 2.53. The summed E-state index contributed by atoms with van der Waals surface area (Å²) in [5, 5.41) is 30.9. The lowest BCUT2D eigenvalue weighted by Gasteiger charge is -2.27. The molecule has 3 heterocycles. The third kappa shape index (κ3) is 2.67. The van der Waals surface area contributed by atoms with Crippen LogP contribution in [0.25, 0.3) is 20.7 Å². The van der Waals surface area contributed by atoms with Crippen LogP contribution in [0.3, 0.4) is 0 Å². The van der Waals surface area contributed by atoms with Crippen LogP contribution in [0, 0.1) is 0 Å². The number of aliphatic hydroxyl groups excluding tert-OH is 2. The summed E-state index contributed by atoms with van der Waals surface area (Å²) in [7, 11) is 0. The van der Waals surface area contributed by atoms with E-state index in [2.05, 4.69) is 4.98 Å². The third-order valence-corrected chi connectivity index (χ3v) is 5.83. The van der Waals surface area contributed by atoms with Crippen molar-refractivity contribution in [2.45, 2.75) is 31.0 Å². The number of fused-ring (bicyclic) bond motifs is 1. The first-order valence-corrected chi connectivity index (χ1v) is 8.98. The second kappa shape index (κ2) is 6.26. The van der Waals surface area contributed by atoms with Gasteiger partial charge < -0.3 is 20.1 Å². The molecular weight excluding hydrogens is 356 g/mol. The van der Waals surface area contributed by atoms with Crippen molar-refractivity contribution in [1.82, 2.24) is 9.55 Å². The minimum atomic E-state index is -1.72. The Kier molecular flexibility index (Phi) is 4.17.